The van der Waals surface area contributed by atoms with Gasteiger partial charge in [-0.2, -0.15) is 9.61 Å². The molecule has 0 atom stereocenters. The minimum atomic E-state index is 0.568. The van der Waals surface area contributed by atoms with E-state index in [1.54, 1.807) is 11.3 Å². The fourth-order valence-corrected chi connectivity index (χ4v) is 3.36. The maximum absolute atomic E-state index is 4.64. The van der Waals surface area contributed by atoms with Crippen molar-refractivity contribution in [2.24, 2.45) is 0 Å². The van der Waals surface area contributed by atoms with Gasteiger partial charge in [-0.25, -0.2) is 0 Å². The maximum atomic E-state index is 4.64. The summed E-state index contributed by atoms with van der Waals surface area (Å²) in [4.78, 5) is 0.935. The third-order valence-corrected chi connectivity index (χ3v) is 4.38. The third-order valence-electron chi connectivity index (χ3n) is 3.48. The van der Waals surface area contributed by atoms with E-state index in [4.69, 9.17) is 0 Å². The summed E-state index contributed by atoms with van der Waals surface area (Å²) in [6.45, 7) is 4.05. The number of hydrogen-bond donors (Lipinski definition) is 1. The Hall–Kier alpha value is -1.01. The number of aromatic nitrogens is 4. The lowest BCUT2D eigenvalue weighted by molar-refractivity contribution is 0.626. The van der Waals surface area contributed by atoms with Crippen molar-refractivity contribution in [2.75, 3.05) is 6.54 Å². The molecule has 2 aromatic rings. The van der Waals surface area contributed by atoms with Crippen LogP contribution in [0.2, 0.25) is 0 Å². The van der Waals surface area contributed by atoms with Gasteiger partial charge in [0.2, 0.25) is 4.96 Å². The highest BCUT2D eigenvalue weighted by atomic mass is 32.1. The first-order chi connectivity index (χ1) is 8.88. The molecular formula is C12H19N5S. The Labute approximate surface area is 111 Å². The highest BCUT2D eigenvalue weighted by Gasteiger charge is 2.23. The lowest BCUT2D eigenvalue weighted by Crippen LogP contribution is -2.14. The largest absolute Gasteiger partial charge is 0.310 e. The van der Waals surface area contributed by atoms with Crippen molar-refractivity contribution >= 4 is 16.3 Å². The van der Waals surface area contributed by atoms with Crippen molar-refractivity contribution in [2.45, 2.75) is 51.5 Å². The van der Waals surface area contributed by atoms with Crippen LogP contribution in [-0.4, -0.2) is 26.4 Å². The molecule has 98 valence electrons. The molecule has 1 aliphatic rings. The van der Waals surface area contributed by atoms with Crippen molar-refractivity contribution in [3.05, 3.63) is 10.8 Å². The van der Waals surface area contributed by atoms with Crippen molar-refractivity contribution in [3.63, 3.8) is 0 Å². The summed E-state index contributed by atoms with van der Waals surface area (Å²) < 4.78 is 1.96. The first kappa shape index (κ1) is 12.0. The summed E-state index contributed by atoms with van der Waals surface area (Å²) in [5, 5.41) is 17.7. The molecule has 1 saturated carbocycles. The van der Waals surface area contributed by atoms with E-state index >= 15 is 0 Å². The Bertz CT molecular complexity index is 511. The molecule has 18 heavy (non-hydrogen) atoms. The molecule has 3 rings (SSSR count). The van der Waals surface area contributed by atoms with Gasteiger partial charge in [0, 0.05) is 12.5 Å². The number of rotatable bonds is 5. The predicted octanol–water partition coefficient (Wildman–Crippen LogP) is 2.34. The lowest BCUT2D eigenvalue weighted by atomic mass is 10.1. The molecule has 2 aromatic heterocycles. The van der Waals surface area contributed by atoms with E-state index in [9.17, 15) is 0 Å². The van der Waals surface area contributed by atoms with E-state index in [0.717, 1.165) is 35.3 Å². The first-order valence-corrected chi connectivity index (χ1v) is 7.62. The summed E-state index contributed by atoms with van der Waals surface area (Å²) in [6, 6.07) is 0. The molecule has 1 fully saturated rings. The van der Waals surface area contributed by atoms with Gasteiger partial charge >= 0.3 is 0 Å². The molecule has 0 aromatic carbocycles. The maximum Gasteiger partial charge on any atom is 0.234 e. The SMILES string of the molecule is CCCNCc1nn2c(C3CCCC3)nnc2s1. The summed E-state index contributed by atoms with van der Waals surface area (Å²) in [5.74, 6) is 1.64. The molecule has 1 aliphatic carbocycles. The Morgan fingerprint density at radius 3 is 2.94 bits per heavy atom. The average molecular weight is 265 g/mol. The number of hydrogen-bond acceptors (Lipinski definition) is 5. The molecule has 0 bridgehead atoms. The van der Waals surface area contributed by atoms with Gasteiger partial charge in [-0.3, -0.25) is 0 Å². The molecule has 6 heteroatoms. The van der Waals surface area contributed by atoms with E-state index < -0.39 is 0 Å². The van der Waals surface area contributed by atoms with Gasteiger partial charge in [0.1, 0.15) is 5.01 Å². The standard InChI is InChI=1S/C12H19N5S/c1-2-7-13-8-10-16-17-11(9-5-3-4-6-9)14-15-12(17)18-10/h9,13H,2-8H2,1H3. The minimum absolute atomic E-state index is 0.568. The monoisotopic (exact) mass is 265 g/mol. The van der Waals surface area contributed by atoms with Crippen LogP contribution in [-0.2, 0) is 6.54 Å². The molecule has 5 nitrogen and oxygen atoms in total. The highest BCUT2D eigenvalue weighted by Crippen LogP contribution is 2.33. The number of nitrogens with zero attached hydrogens (tertiary/aromatic N) is 4. The van der Waals surface area contributed by atoms with Crippen molar-refractivity contribution in [1.29, 1.82) is 0 Å². The van der Waals surface area contributed by atoms with E-state index in [-0.39, 0.29) is 0 Å². The first-order valence-electron chi connectivity index (χ1n) is 6.80. The minimum Gasteiger partial charge on any atom is -0.310 e. The van der Waals surface area contributed by atoms with Crippen molar-refractivity contribution < 1.29 is 0 Å². The van der Waals surface area contributed by atoms with Gasteiger partial charge < -0.3 is 5.32 Å². The van der Waals surface area contributed by atoms with E-state index in [2.05, 4.69) is 27.5 Å². The molecule has 0 aliphatic heterocycles. The molecule has 2 heterocycles. The van der Waals surface area contributed by atoms with Crippen LogP contribution in [0.15, 0.2) is 0 Å². The fourth-order valence-electron chi connectivity index (χ4n) is 2.55. The van der Waals surface area contributed by atoms with Crippen LogP contribution in [0.5, 0.6) is 0 Å². The van der Waals surface area contributed by atoms with Crippen LogP contribution in [0.1, 0.15) is 55.8 Å². The lowest BCUT2D eigenvalue weighted by Gasteiger charge is -2.03. The van der Waals surface area contributed by atoms with Crippen LogP contribution >= 0.6 is 11.3 Å². The van der Waals surface area contributed by atoms with Crippen LogP contribution in [0.3, 0.4) is 0 Å². The summed E-state index contributed by atoms with van der Waals surface area (Å²) in [6.07, 6.45) is 6.25. The second kappa shape index (κ2) is 5.32. The van der Waals surface area contributed by atoms with Crippen LogP contribution < -0.4 is 5.32 Å². The fraction of sp³-hybridized carbons (Fsp3) is 0.750. The Kier molecular flexibility index (Phi) is 3.56. The smallest absolute Gasteiger partial charge is 0.234 e. The zero-order chi connectivity index (χ0) is 12.4. The Morgan fingerprint density at radius 1 is 1.33 bits per heavy atom. The van der Waals surface area contributed by atoms with E-state index in [1.165, 1.54) is 25.7 Å². The van der Waals surface area contributed by atoms with Gasteiger partial charge in [-0.15, -0.1) is 10.2 Å². The van der Waals surface area contributed by atoms with Gasteiger partial charge in [0.25, 0.3) is 0 Å². The van der Waals surface area contributed by atoms with Crippen LogP contribution in [0.4, 0.5) is 0 Å². The molecule has 0 radical (unpaired) electrons. The normalized spacial score (nSPS) is 16.9. The zero-order valence-electron chi connectivity index (χ0n) is 10.7. The highest BCUT2D eigenvalue weighted by molar-refractivity contribution is 7.16. The summed E-state index contributed by atoms with van der Waals surface area (Å²) in [5.41, 5.74) is 0. The van der Waals surface area contributed by atoms with Crippen LogP contribution in [0, 0.1) is 0 Å². The third kappa shape index (κ3) is 2.27. The Balaban J connectivity index is 1.79. The van der Waals surface area contributed by atoms with E-state index in [0.29, 0.717) is 5.92 Å². The molecule has 0 spiro atoms. The molecule has 0 amide bonds. The topological polar surface area (TPSA) is 55.1 Å². The summed E-state index contributed by atoms with van der Waals surface area (Å²) >= 11 is 1.64. The summed E-state index contributed by atoms with van der Waals surface area (Å²) in [7, 11) is 0. The number of fused-ring (bicyclic) bond motifs is 1. The quantitative estimate of drug-likeness (QED) is 0.843. The van der Waals surface area contributed by atoms with Gasteiger partial charge in [0.05, 0.1) is 0 Å². The average Bonchev–Trinajstić information content (AvgIpc) is 3.03. The molecule has 0 saturated heterocycles. The second-order valence-corrected chi connectivity index (χ2v) is 5.95. The Morgan fingerprint density at radius 2 is 2.17 bits per heavy atom. The second-order valence-electron chi connectivity index (χ2n) is 4.91. The van der Waals surface area contributed by atoms with Gasteiger partial charge in [-0.05, 0) is 25.8 Å². The van der Waals surface area contributed by atoms with Crippen LogP contribution in [0.25, 0.3) is 4.96 Å². The molecule has 0 unspecified atom stereocenters. The van der Waals surface area contributed by atoms with Crippen molar-refractivity contribution in [1.82, 2.24) is 25.1 Å². The van der Waals surface area contributed by atoms with Gasteiger partial charge in [0.15, 0.2) is 5.82 Å². The molecular weight excluding hydrogens is 246 g/mol. The van der Waals surface area contributed by atoms with Gasteiger partial charge in [-0.1, -0.05) is 31.1 Å². The van der Waals surface area contributed by atoms with E-state index in [1.807, 2.05) is 4.52 Å². The molecule has 1 N–H and O–H groups in total. The predicted molar refractivity (Wildman–Crippen MR) is 71.9 cm³/mol. The number of nitrogens with one attached hydrogen (secondary N) is 1. The van der Waals surface area contributed by atoms with Crippen molar-refractivity contribution in [3.8, 4) is 0 Å². The zero-order valence-corrected chi connectivity index (χ0v) is 11.5.